The van der Waals surface area contributed by atoms with Crippen LogP contribution in [0, 0.1) is 46.3 Å². The monoisotopic (exact) mass is 484 g/mol. The van der Waals surface area contributed by atoms with E-state index in [1.54, 1.807) is 5.57 Å². The normalized spacial score (nSPS) is 41.3. The van der Waals surface area contributed by atoms with Gasteiger partial charge in [0.05, 0.1) is 6.10 Å². The molecule has 5 nitrogen and oxygen atoms in total. The topological polar surface area (TPSA) is 98.0 Å². The molecule has 0 aromatic carbocycles. The zero-order valence-electron chi connectivity index (χ0n) is 21.5. The maximum absolute atomic E-state index is 10.2. The molecule has 0 radical (unpaired) electrons. The molecule has 0 aliphatic heterocycles. The van der Waals surface area contributed by atoms with E-state index in [4.69, 9.17) is 19.2 Å². The van der Waals surface area contributed by atoms with Crippen molar-refractivity contribution < 1.29 is 24.4 Å². The van der Waals surface area contributed by atoms with Crippen LogP contribution in [-0.2, 0) is 4.57 Å². The van der Waals surface area contributed by atoms with Gasteiger partial charge >= 0.3 is 7.82 Å². The Morgan fingerprint density at radius 2 is 1.67 bits per heavy atom. The van der Waals surface area contributed by atoms with Crippen molar-refractivity contribution >= 4 is 7.82 Å². The van der Waals surface area contributed by atoms with Crippen molar-refractivity contribution in [3.63, 3.8) is 0 Å². The number of hydrogen-bond donors (Lipinski definition) is 4. The van der Waals surface area contributed by atoms with Gasteiger partial charge in [-0.25, -0.2) is 4.57 Å². The second-order valence-electron chi connectivity index (χ2n) is 12.7. The maximum atomic E-state index is 10.2. The minimum absolute atomic E-state index is 0.0766. The lowest BCUT2D eigenvalue weighted by Crippen LogP contribution is -2.50. The molecule has 0 heterocycles. The maximum Gasteiger partial charge on any atom is 0.466 e. The zero-order valence-corrected chi connectivity index (χ0v) is 22.4. The summed E-state index contributed by atoms with van der Waals surface area (Å²) >= 11 is 0. The Balaban J connectivity index is 0.000000555. The van der Waals surface area contributed by atoms with Gasteiger partial charge in [0, 0.05) is 0 Å². The van der Waals surface area contributed by atoms with Gasteiger partial charge in [-0.1, -0.05) is 65.5 Å². The SMILES string of the molecule is CC(C)CCC[C@@H](C)[C@H]1CC[C@H]2[C@@H]3CC=C4C[C@@H](O)CC[C@]4(C)[C@H]3CC[C@]12C.O=P(O)(O)O. The summed E-state index contributed by atoms with van der Waals surface area (Å²) in [5.74, 6) is 5.46. The molecule has 192 valence electrons. The minimum atomic E-state index is -4.64. The van der Waals surface area contributed by atoms with Gasteiger partial charge in [-0.15, -0.1) is 0 Å². The Morgan fingerprint density at radius 1 is 1.00 bits per heavy atom. The van der Waals surface area contributed by atoms with Crippen LogP contribution >= 0.6 is 7.82 Å². The summed E-state index contributed by atoms with van der Waals surface area (Å²) in [6.07, 6.45) is 17.2. The molecule has 0 aromatic heterocycles. The Bertz CT molecular complexity index is 737. The molecule has 0 unspecified atom stereocenters. The van der Waals surface area contributed by atoms with E-state index in [9.17, 15) is 5.11 Å². The molecule has 4 aliphatic rings. The van der Waals surface area contributed by atoms with E-state index in [0.717, 1.165) is 48.3 Å². The molecule has 0 saturated heterocycles. The van der Waals surface area contributed by atoms with Crippen LogP contribution in [0.3, 0.4) is 0 Å². The van der Waals surface area contributed by atoms with Gasteiger partial charge in [0.2, 0.25) is 0 Å². The third-order valence-corrected chi connectivity index (χ3v) is 10.3. The highest BCUT2D eigenvalue weighted by atomic mass is 31.2. The van der Waals surface area contributed by atoms with Crippen LogP contribution in [0.1, 0.15) is 105 Å². The molecule has 4 aliphatic carbocycles. The van der Waals surface area contributed by atoms with Crippen molar-refractivity contribution in [2.45, 2.75) is 111 Å². The number of aliphatic hydroxyl groups is 1. The summed E-state index contributed by atoms with van der Waals surface area (Å²) < 4.78 is 8.88. The van der Waals surface area contributed by atoms with Crippen molar-refractivity contribution in [2.24, 2.45) is 46.3 Å². The summed E-state index contributed by atoms with van der Waals surface area (Å²) in [5.41, 5.74) is 2.60. The number of allylic oxidation sites excluding steroid dienone is 1. The van der Waals surface area contributed by atoms with Gasteiger partial charge in [-0.2, -0.15) is 0 Å². The Kier molecular flexibility index (Phi) is 8.66. The first kappa shape index (κ1) is 27.4. The van der Waals surface area contributed by atoms with Gasteiger partial charge in [0.1, 0.15) is 0 Å². The molecule has 4 rings (SSSR count). The molecule has 4 N–H and O–H groups in total. The first-order valence-corrected chi connectivity index (χ1v) is 15.0. The predicted octanol–water partition coefficient (Wildman–Crippen LogP) is 6.46. The van der Waals surface area contributed by atoms with Crippen LogP contribution in [0.4, 0.5) is 0 Å². The number of hydrogen-bond acceptors (Lipinski definition) is 2. The summed E-state index contributed by atoms with van der Waals surface area (Å²) in [5, 5.41) is 10.2. The van der Waals surface area contributed by atoms with Crippen LogP contribution in [0.15, 0.2) is 11.6 Å². The molecule has 8 atom stereocenters. The first-order valence-electron chi connectivity index (χ1n) is 13.4. The van der Waals surface area contributed by atoms with E-state index < -0.39 is 7.82 Å². The lowest BCUT2D eigenvalue weighted by atomic mass is 9.47. The summed E-state index contributed by atoms with van der Waals surface area (Å²) in [6.45, 7) is 12.6. The smallest absolute Gasteiger partial charge is 0.393 e. The average Bonchev–Trinajstić information content (AvgIpc) is 3.04. The van der Waals surface area contributed by atoms with Gasteiger partial charge in [-0.3, -0.25) is 0 Å². The van der Waals surface area contributed by atoms with E-state index in [1.807, 2.05) is 0 Å². The van der Waals surface area contributed by atoms with Gasteiger partial charge in [0.15, 0.2) is 0 Å². The lowest BCUT2D eigenvalue weighted by Gasteiger charge is -2.58. The fourth-order valence-corrected chi connectivity index (χ4v) is 8.67. The van der Waals surface area contributed by atoms with Crippen LogP contribution in [0.5, 0.6) is 0 Å². The number of fused-ring (bicyclic) bond motifs is 5. The molecule has 0 aromatic rings. The van der Waals surface area contributed by atoms with Crippen molar-refractivity contribution in [2.75, 3.05) is 0 Å². The predicted molar refractivity (Wildman–Crippen MR) is 133 cm³/mol. The largest absolute Gasteiger partial charge is 0.466 e. The molecule has 3 saturated carbocycles. The molecule has 6 heteroatoms. The van der Waals surface area contributed by atoms with Gasteiger partial charge in [0.25, 0.3) is 0 Å². The first-order chi connectivity index (χ1) is 15.3. The standard InChI is InChI=1S/C27H46O.H3O4P/c1-18(2)7-6-8-19(3)23-11-12-24-22-10-9-20-17-21(28)13-15-26(20,4)25(22)14-16-27(23,24)5;1-5(2,3)4/h9,18-19,21-25,28H,6-8,10-17H2,1-5H3;(H3,1,2,3,4)/t19-,21+,22+,23-,24+,25+,26+,27-;/m1./s1. The molecule has 33 heavy (non-hydrogen) atoms. The van der Waals surface area contributed by atoms with Gasteiger partial charge in [-0.05, 0) is 97.7 Å². The van der Waals surface area contributed by atoms with E-state index in [-0.39, 0.29) is 6.10 Å². The van der Waals surface area contributed by atoms with E-state index >= 15 is 0 Å². The zero-order chi connectivity index (χ0) is 24.6. The summed E-state index contributed by atoms with van der Waals surface area (Å²) in [4.78, 5) is 21.6. The highest BCUT2D eigenvalue weighted by Gasteiger charge is 2.59. The minimum Gasteiger partial charge on any atom is -0.393 e. The van der Waals surface area contributed by atoms with Crippen LogP contribution < -0.4 is 0 Å². The number of rotatable bonds is 5. The fourth-order valence-electron chi connectivity index (χ4n) is 8.67. The highest BCUT2D eigenvalue weighted by molar-refractivity contribution is 7.45. The molecular weight excluding hydrogens is 435 g/mol. The molecular formula is C27H49O5P. The van der Waals surface area contributed by atoms with E-state index in [2.05, 4.69) is 40.7 Å². The average molecular weight is 485 g/mol. The van der Waals surface area contributed by atoms with E-state index in [1.165, 1.54) is 57.8 Å². The Morgan fingerprint density at radius 3 is 2.30 bits per heavy atom. The fraction of sp³-hybridized carbons (Fsp3) is 0.926. The van der Waals surface area contributed by atoms with E-state index in [0.29, 0.717) is 10.8 Å². The molecule has 0 bridgehead atoms. The Labute approximate surface area is 201 Å². The summed E-state index contributed by atoms with van der Waals surface area (Å²) in [7, 11) is -4.64. The van der Waals surface area contributed by atoms with Crippen LogP contribution in [-0.4, -0.2) is 25.9 Å². The van der Waals surface area contributed by atoms with Crippen molar-refractivity contribution in [1.82, 2.24) is 0 Å². The quantitative estimate of drug-likeness (QED) is 0.265. The van der Waals surface area contributed by atoms with Gasteiger partial charge < -0.3 is 19.8 Å². The van der Waals surface area contributed by atoms with Crippen molar-refractivity contribution in [1.29, 1.82) is 0 Å². The molecule has 3 fully saturated rings. The second-order valence-corrected chi connectivity index (χ2v) is 13.7. The van der Waals surface area contributed by atoms with Crippen molar-refractivity contribution in [3.05, 3.63) is 11.6 Å². The molecule has 0 spiro atoms. The lowest BCUT2D eigenvalue weighted by molar-refractivity contribution is -0.0573. The number of aliphatic hydroxyl groups excluding tert-OH is 1. The summed E-state index contributed by atoms with van der Waals surface area (Å²) in [6, 6.07) is 0. The third kappa shape index (κ3) is 6.15. The number of phosphoric acid groups is 1. The van der Waals surface area contributed by atoms with Crippen molar-refractivity contribution in [3.8, 4) is 0 Å². The third-order valence-electron chi connectivity index (χ3n) is 10.3. The molecule has 0 amide bonds. The Hall–Kier alpha value is -0.190. The second kappa shape index (κ2) is 10.4. The highest BCUT2D eigenvalue weighted by Crippen LogP contribution is 2.67. The van der Waals surface area contributed by atoms with Crippen LogP contribution in [0.2, 0.25) is 0 Å². The van der Waals surface area contributed by atoms with Crippen LogP contribution in [0.25, 0.3) is 0 Å².